The summed E-state index contributed by atoms with van der Waals surface area (Å²) in [6, 6.07) is 19.3. The average Bonchev–Trinajstić information content (AvgIpc) is 3.06. The van der Waals surface area contributed by atoms with Crippen molar-refractivity contribution in [2.45, 2.75) is 6.61 Å². The minimum Gasteiger partial charge on any atom is -0.487 e. The van der Waals surface area contributed by atoms with Crippen LogP contribution in [0.4, 0.5) is 0 Å². The van der Waals surface area contributed by atoms with E-state index in [4.69, 9.17) is 9.47 Å². The zero-order chi connectivity index (χ0) is 21.6. The quantitative estimate of drug-likeness (QED) is 0.334. The molecule has 1 aliphatic rings. The molecule has 0 N–H and O–H groups in total. The summed E-state index contributed by atoms with van der Waals surface area (Å²) >= 11 is 0. The molecule has 31 heavy (non-hydrogen) atoms. The molecule has 0 aliphatic carbocycles. The van der Waals surface area contributed by atoms with Gasteiger partial charge in [-0.2, -0.15) is 0 Å². The number of imide groups is 1. The van der Waals surface area contributed by atoms with Gasteiger partial charge in [-0.25, -0.2) is 9.69 Å². The Kier molecular flexibility index (Phi) is 5.84. The molecule has 0 fully saturated rings. The van der Waals surface area contributed by atoms with Gasteiger partial charge in [0.25, 0.3) is 11.8 Å². The van der Waals surface area contributed by atoms with E-state index in [0.29, 0.717) is 23.5 Å². The first kappa shape index (κ1) is 20.0. The van der Waals surface area contributed by atoms with E-state index in [0.717, 1.165) is 16.2 Å². The molecule has 4 rings (SSSR count). The molecule has 2 aromatic carbocycles. The predicted molar refractivity (Wildman–Crippen MR) is 112 cm³/mol. The number of aromatic nitrogens is 1. The predicted octanol–water partition coefficient (Wildman–Crippen LogP) is 3.47. The number of ether oxygens (including phenoxy) is 2. The molecule has 0 radical (unpaired) electrons. The first-order valence-electron chi connectivity index (χ1n) is 9.54. The summed E-state index contributed by atoms with van der Waals surface area (Å²) in [6.45, 7) is -0.0734. The van der Waals surface area contributed by atoms with Crippen molar-refractivity contribution in [2.24, 2.45) is 0 Å². The van der Waals surface area contributed by atoms with Crippen LogP contribution >= 0.6 is 0 Å². The van der Waals surface area contributed by atoms with Gasteiger partial charge in [0.2, 0.25) is 0 Å². The molecule has 0 saturated carbocycles. The third-order valence-electron chi connectivity index (χ3n) is 4.62. The number of benzene rings is 2. The number of amides is 2. The fourth-order valence-electron chi connectivity index (χ4n) is 3.01. The zero-order valence-corrected chi connectivity index (χ0v) is 16.4. The molecule has 0 bridgehead atoms. The number of nitrogens with zero attached hydrogens (tertiary/aromatic N) is 2. The molecule has 2 heterocycles. The van der Waals surface area contributed by atoms with E-state index in [9.17, 15) is 14.4 Å². The third kappa shape index (κ3) is 4.67. The standard InChI is InChI=1S/C24H18N2O5/c27-22(31-16-26-23(28)20-6-1-2-7-21(20)24(26)29)13-10-17-8-11-19(12-9-17)30-15-18-5-3-4-14-25-18/h1-14H,15-16H2. The fourth-order valence-corrected chi connectivity index (χ4v) is 3.01. The Morgan fingerprint density at radius 2 is 1.58 bits per heavy atom. The largest absolute Gasteiger partial charge is 0.487 e. The van der Waals surface area contributed by atoms with Crippen LogP contribution in [-0.4, -0.2) is 34.4 Å². The van der Waals surface area contributed by atoms with Crippen molar-refractivity contribution >= 4 is 23.9 Å². The van der Waals surface area contributed by atoms with Crippen molar-refractivity contribution in [1.82, 2.24) is 9.88 Å². The monoisotopic (exact) mass is 414 g/mol. The maximum atomic E-state index is 12.3. The molecule has 3 aromatic rings. The minimum absolute atomic E-state index is 0.310. The van der Waals surface area contributed by atoms with Crippen LogP contribution < -0.4 is 4.74 Å². The molecule has 7 nitrogen and oxygen atoms in total. The highest BCUT2D eigenvalue weighted by Crippen LogP contribution is 2.22. The van der Waals surface area contributed by atoms with Crippen LogP contribution in [-0.2, 0) is 16.1 Å². The summed E-state index contributed by atoms with van der Waals surface area (Å²) in [6.07, 6.45) is 4.52. The molecule has 1 aromatic heterocycles. The number of fused-ring (bicyclic) bond motifs is 1. The second-order valence-electron chi connectivity index (χ2n) is 6.69. The highest BCUT2D eigenvalue weighted by Gasteiger charge is 2.35. The van der Waals surface area contributed by atoms with Gasteiger partial charge in [0.05, 0.1) is 16.8 Å². The lowest BCUT2D eigenvalue weighted by atomic mass is 10.1. The normalized spacial score (nSPS) is 12.8. The lowest BCUT2D eigenvalue weighted by Crippen LogP contribution is -2.32. The highest BCUT2D eigenvalue weighted by molar-refractivity contribution is 6.21. The molecule has 0 atom stereocenters. The van der Waals surface area contributed by atoms with Crippen molar-refractivity contribution in [1.29, 1.82) is 0 Å². The van der Waals surface area contributed by atoms with E-state index in [1.54, 1.807) is 60.8 Å². The fraction of sp³-hybridized carbons (Fsp3) is 0.0833. The smallest absolute Gasteiger partial charge is 0.332 e. The van der Waals surface area contributed by atoms with Gasteiger partial charge in [-0.05, 0) is 48.0 Å². The number of carbonyl (C=O) groups excluding carboxylic acids is 3. The zero-order valence-electron chi connectivity index (χ0n) is 16.4. The lowest BCUT2D eigenvalue weighted by Gasteiger charge is -2.12. The van der Waals surface area contributed by atoms with Gasteiger partial charge in [0.15, 0.2) is 6.73 Å². The summed E-state index contributed by atoms with van der Waals surface area (Å²) in [5.41, 5.74) is 2.21. The number of hydrogen-bond donors (Lipinski definition) is 0. The van der Waals surface area contributed by atoms with Crippen LogP contribution in [0.3, 0.4) is 0 Å². The van der Waals surface area contributed by atoms with Gasteiger partial charge in [0, 0.05) is 12.3 Å². The number of esters is 1. The second kappa shape index (κ2) is 9.04. The van der Waals surface area contributed by atoms with Crippen LogP contribution in [0.25, 0.3) is 6.08 Å². The molecule has 154 valence electrons. The third-order valence-corrected chi connectivity index (χ3v) is 4.62. The maximum absolute atomic E-state index is 12.3. The Labute approximate surface area is 178 Å². The molecule has 0 saturated heterocycles. The van der Waals surface area contributed by atoms with Crippen LogP contribution in [0.2, 0.25) is 0 Å². The summed E-state index contributed by atoms with van der Waals surface area (Å²) in [5, 5.41) is 0. The summed E-state index contributed by atoms with van der Waals surface area (Å²) < 4.78 is 10.7. The van der Waals surface area contributed by atoms with E-state index < -0.39 is 24.5 Å². The van der Waals surface area contributed by atoms with Gasteiger partial charge < -0.3 is 9.47 Å². The summed E-state index contributed by atoms with van der Waals surface area (Å²) in [5.74, 6) is -0.930. The van der Waals surface area contributed by atoms with Crippen molar-refractivity contribution in [2.75, 3.05) is 6.73 Å². The van der Waals surface area contributed by atoms with Crippen molar-refractivity contribution in [3.63, 3.8) is 0 Å². The van der Waals surface area contributed by atoms with Crippen LogP contribution in [0.15, 0.2) is 79.0 Å². The van der Waals surface area contributed by atoms with Gasteiger partial charge in [-0.1, -0.05) is 30.3 Å². The molecule has 0 spiro atoms. The Morgan fingerprint density at radius 3 is 2.23 bits per heavy atom. The first-order valence-corrected chi connectivity index (χ1v) is 9.54. The Hall–Kier alpha value is -4.26. The van der Waals surface area contributed by atoms with E-state index in [2.05, 4.69) is 4.98 Å². The minimum atomic E-state index is -0.660. The van der Waals surface area contributed by atoms with Gasteiger partial charge in [-0.3, -0.25) is 14.6 Å². The van der Waals surface area contributed by atoms with Gasteiger partial charge >= 0.3 is 5.97 Å². The van der Waals surface area contributed by atoms with Crippen molar-refractivity contribution < 1.29 is 23.9 Å². The Balaban J connectivity index is 1.27. The van der Waals surface area contributed by atoms with Crippen LogP contribution in [0.5, 0.6) is 5.75 Å². The summed E-state index contributed by atoms with van der Waals surface area (Å²) in [7, 11) is 0. The first-order chi connectivity index (χ1) is 15.1. The molecular weight excluding hydrogens is 396 g/mol. The lowest BCUT2D eigenvalue weighted by molar-refractivity contribution is -0.140. The molecular formula is C24H18N2O5. The summed E-state index contributed by atoms with van der Waals surface area (Å²) in [4.78, 5) is 41.6. The van der Waals surface area contributed by atoms with Crippen molar-refractivity contribution in [3.05, 3.63) is 101 Å². The maximum Gasteiger partial charge on any atom is 0.332 e. The highest BCUT2D eigenvalue weighted by atomic mass is 16.5. The topological polar surface area (TPSA) is 85.8 Å². The Bertz CT molecular complexity index is 1110. The van der Waals surface area contributed by atoms with Gasteiger partial charge in [0.1, 0.15) is 12.4 Å². The van der Waals surface area contributed by atoms with Gasteiger partial charge in [-0.15, -0.1) is 0 Å². The number of pyridine rings is 1. The van der Waals surface area contributed by atoms with E-state index in [1.807, 2.05) is 18.2 Å². The SMILES string of the molecule is O=C(C=Cc1ccc(OCc2ccccn2)cc1)OCN1C(=O)c2ccccc2C1=O. The van der Waals surface area contributed by atoms with Crippen molar-refractivity contribution in [3.8, 4) is 5.75 Å². The number of rotatable bonds is 7. The van der Waals surface area contributed by atoms with E-state index >= 15 is 0 Å². The molecule has 0 unspecified atom stereocenters. The Morgan fingerprint density at radius 1 is 0.903 bits per heavy atom. The average molecular weight is 414 g/mol. The molecule has 2 amide bonds. The van der Waals surface area contributed by atoms with Crippen LogP contribution in [0, 0.1) is 0 Å². The number of carbonyl (C=O) groups is 3. The molecule has 1 aliphatic heterocycles. The van der Waals surface area contributed by atoms with E-state index in [-0.39, 0.29) is 0 Å². The number of hydrogen-bond acceptors (Lipinski definition) is 6. The molecule has 7 heteroatoms. The van der Waals surface area contributed by atoms with Crippen LogP contribution in [0.1, 0.15) is 32.0 Å². The second-order valence-corrected chi connectivity index (χ2v) is 6.69. The van der Waals surface area contributed by atoms with E-state index in [1.165, 1.54) is 6.08 Å².